The molecule has 2 aromatic carbocycles. The van der Waals surface area contributed by atoms with Gasteiger partial charge in [-0.05, 0) is 23.3 Å². The third kappa shape index (κ3) is 5.59. The van der Waals surface area contributed by atoms with E-state index in [1.165, 1.54) is 0 Å². The zero-order valence-corrected chi connectivity index (χ0v) is 18.3. The topological polar surface area (TPSA) is 66.5 Å². The largest absolute Gasteiger partial charge is 0.354 e. The van der Waals surface area contributed by atoms with Crippen molar-refractivity contribution in [2.24, 2.45) is 0 Å². The lowest BCUT2D eigenvalue weighted by molar-refractivity contribution is -0.126. The molecule has 1 unspecified atom stereocenters. The van der Waals surface area contributed by atoms with Crippen LogP contribution in [0.2, 0.25) is 5.02 Å². The fraction of sp³-hybridized carbons (Fsp3) is 0.409. The van der Waals surface area contributed by atoms with Gasteiger partial charge in [0, 0.05) is 30.1 Å². The van der Waals surface area contributed by atoms with Gasteiger partial charge in [-0.15, -0.1) is 0 Å². The zero-order valence-electron chi connectivity index (χ0n) is 16.8. The first-order valence-corrected chi connectivity index (χ1v) is 11.9. The van der Waals surface area contributed by atoms with Gasteiger partial charge in [-0.25, -0.2) is 8.42 Å². The molecule has 1 heterocycles. The molecule has 1 fully saturated rings. The molecule has 29 heavy (non-hydrogen) atoms. The van der Waals surface area contributed by atoms with Crippen molar-refractivity contribution in [3.05, 3.63) is 70.7 Å². The number of nitrogens with zero attached hydrogens (tertiary/aromatic N) is 1. The summed E-state index contributed by atoms with van der Waals surface area (Å²) in [5.41, 5.74) is 1.68. The van der Waals surface area contributed by atoms with Gasteiger partial charge in [0.05, 0.1) is 11.5 Å². The third-order valence-electron chi connectivity index (χ3n) is 5.44. The average molecular weight is 435 g/mol. The Hall–Kier alpha value is -1.89. The van der Waals surface area contributed by atoms with Crippen molar-refractivity contribution in [3.63, 3.8) is 0 Å². The molecule has 0 saturated carbocycles. The second-order valence-electron chi connectivity index (χ2n) is 8.11. The minimum absolute atomic E-state index is 0.0832. The number of sulfone groups is 1. The Labute approximate surface area is 178 Å². The molecule has 0 bridgehead atoms. The number of nitrogens with one attached hydrogen (secondary N) is 1. The number of rotatable bonds is 6. The van der Waals surface area contributed by atoms with Gasteiger partial charge in [-0.1, -0.05) is 67.9 Å². The maximum Gasteiger partial charge on any atom is 0.241 e. The fourth-order valence-electron chi connectivity index (χ4n) is 3.56. The molecule has 1 N–H and O–H groups in total. The van der Waals surface area contributed by atoms with E-state index in [0.717, 1.165) is 11.1 Å². The second-order valence-corrected chi connectivity index (χ2v) is 10.8. The number of amides is 1. The van der Waals surface area contributed by atoms with Crippen LogP contribution < -0.4 is 5.32 Å². The monoisotopic (exact) mass is 434 g/mol. The van der Waals surface area contributed by atoms with E-state index in [2.05, 4.69) is 19.2 Å². The molecular weight excluding hydrogens is 408 g/mol. The van der Waals surface area contributed by atoms with Crippen LogP contribution in [0.25, 0.3) is 0 Å². The maximum atomic E-state index is 13.2. The van der Waals surface area contributed by atoms with Crippen LogP contribution in [0.4, 0.5) is 0 Å². The Morgan fingerprint density at radius 2 is 1.66 bits per heavy atom. The van der Waals surface area contributed by atoms with E-state index in [4.69, 9.17) is 11.6 Å². The van der Waals surface area contributed by atoms with Crippen LogP contribution in [0, 0.1) is 0 Å². The summed E-state index contributed by atoms with van der Waals surface area (Å²) in [7, 11) is -3.02. The lowest BCUT2D eigenvalue weighted by Crippen LogP contribution is -2.49. The predicted molar refractivity (Wildman–Crippen MR) is 117 cm³/mol. The van der Waals surface area contributed by atoms with Gasteiger partial charge in [0.25, 0.3) is 0 Å². The Bertz CT molecular complexity index is 930. The smallest absolute Gasteiger partial charge is 0.241 e. The number of carbonyl (C=O) groups excluding carboxylic acids is 1. The first-order chi connectivity index (χ1) is 13.7. The van der Waals surface area contributed by atoms with Crippen molar-refractivity contribution in [2.45, 2.75) is 25.3 Å². The Morgan fingerprint density at radius 3 is 2.24 bits per heavy atom. The van der Waals surface area contributed by atoms with Crippen LogP contribution in [0.3, 0.4) is 0 Å². The molecule has 156 valence electrons. The van der Waals surface area contributed by atoms with E-state index in [0.29, 0.717) is 24.7 Å². The molecule has 1 amide bonds. The third-order valence-corrected chi connectivity index (χ3v) is 7.30. The number of benzene rings is 2. The van der Waals surface area contributed by atoms with E-state index in [1.807, 2.05) is 59.5 Å². The van der Waals surface area contributed by atoms with Gasteiger partial charge in [-0.3, -0.25) is 9.69 Å². The van der Waals surface area contributed by atoms with Gasteiger partial charge in [-0.2, -0.15) is 0 Å². The summed E-state index contributed by atoms with van der Waals surface area (Å²) in [5.74, 6) is 0.0530. The molecular formula is C22H27ClN2O3S. The lowest BCUT2D eigenvalue weighted by Gasteiger charge is -2.35. The molecule has 1 saturated heterocycles. The Balaban J connectivity index is 1.75. The quantitative estimate of drug-likeness (QED) is 0.758. The summed E-state index contributed by atoms with van der Waals surface area (Å²) >= 11 is 5.99. The highest BCUT2D eigenvalue weighted by Crippen LogP contribution is 2.26. The molecule has 1 atom stereocenters. The van der Waals surface area contributed by atoms with E-state index >= 15 is 0 Å². The van der Waals surface area contributed by atoms with Gasteiger partial charge < -0.3 is 5.32 Å². The van der Waals surface area contributed by atoms with E-state index in [1.54, 1.807) is 0 Å². The van der Waals surface area contributed by atoms with Crippen molar-refractivity contribution in [1.82, 2.24) is 10.2 Å². The molecule has 0 radical (unpaired) electrons. The summed E-state index contributed by atoms with van der Waals surface area (Å²) in [5, 5.41) is 3.77. The first-order valence-electron chi connectivity index (χ1n) is 9.71. The molecule has 3 rings (SSSR count). The summed E-state index contributed by atoms with van der Waals surface area (Å²) in [6.45, 7) is 5.32. The van der Waals surface area contributed by atoms with Crippen molar-refractivity contribution in [3.8, 4) is 0 Å². The van der Waals surface area contributed by atoms with Gasteiger partial charge in [0.2, 0.25) is 5.91 Å². The molecule has 0 spiro atoms. The molecule has 1 aliphatic heterocycles. The van der Waals surface area contributed by atoms with E-state index in [-0.39, 0.29) is 22.8 Å². The normalized spacial score (nSPS) is 18.2. The summed E-state index contributed by atoms with van der Waals surface area (Å²) in [6, 6.07) is 16.7. The van der Waals surface area contributed by atoms with Crippen molar-refractivity contribution >= 4 is 27.3 Å². The van der Waals surface area contributed by atoms with E-state index < -0.39 is 15.9 Å². The van der Waals surface area contributed by atoms with Gasteiger partial charge >= 0.3 is 0 Å². The fourth-order valence-corrected chi connectivity index (χ4v) is 4.91. The molecule has 2 aromatic rings. The van der Waals surface area contributed by atoms with Gasteiger partial charge in [0.1, 0.15) is 6.04 Å². The molecule has 1 aliphatic rings. The standard InChI is InChI=1S/C22H27ClN2O3S/c1-22(2,18-8-10-19(23)11-9-18)16-24-21(26)20(17-6-4-3-5-7-17)25-12-14-29(27,28)15-13-25/h3-11,20H,12-16H2,1-2H3,(H,24,26). The number of halogens is 1. The second kappa shape index (κ2) is 8.86. The van der Waals surface area contributed by atoms with Crippen LogP contribution in [-0.4, -0.2) is 50.4 Å². The van der Waals surface area contributed by atoms with Crippen molar-refractivity contribution < 1.29 is 13.2 Å². The van der Waals surface area contributed by atoms with Gasteiger partial charge in [0.15, 0.2) is 9.84 Å². The number of hydrogen-bond acceptors (Lipinski definition) is 4. The van der Waals surface area contributed by atoms with Crippen LogP contribution >= 0.6 is 11.6 Å². The minimum Gasteiger partial charge on any atom is -0.354 e. The van der Waals surface area contributed by atoms with Crippen LogP contribution in [0.15, 0.2) is 54.6 Å². The summed E-state index contributed by atoms with van der Waals surface area (Å²) in [4.78, 5) is 15.2. The first kappa shape index (κ1) is 21.8. The van der Waals surface area contributed by atoms with Crippen molar-refractivity contribution in [2.75, 3.05) is 31.1 Å². The van der Waals surface area contributed by atoms with Crippen LogP contribution in [-0.2, 0) is 20.0 Å². The maximum absolute atomic E-state index is 13.2. The highest BCUT2D eigenvalue weighted by atomic mass is 35.5. The molecule has 0 aliphatic carbocycles. The predicted octanol–water partition coefficient (Wildman–Crippen LogP) is 3.21. The summed E-state index contributed by atoms with van der Waals surface area (Å²) < 4.78 is 23.7. The average Bonchev–Trinajstić information content (AvgIpc) is 2.69. The van der Waals surface area contributed by atoms with Crippen LogP contribution in [0.5, 0.6) is 0 Å². The Kier molecular flexibility index (Phi) is 6.66. The number of hydrogen-bond donors (Lipinski definition) is 1. The van der Waals surface area contributed by atoms with E-state index in [9.17, 15) is 13.2 Å². The van der Waals surface area contributed by atoms with Crippen LogP contribution in [0.1, 0.15) is 31.0 Å². The summed E-state index contributed by atoms with van der Waals surface area (Å²) in [6.07, 6.45) is 0. The molecule has 7 heteroatoms. The highest BCUT2D eigenvalue weighted by Gasteiger charge is 2.33. The lowest BCUT2D eigenvalue weighted by atomic mass is 9.84. The SMILES string of the molecule is CC(C)(CNC(=O)C(c1ccccc1)N1CCS(=O)(=O)CC1)c1ccc(Cl)cc1. The molecule has 5 nitrogen and oxygen atoms in total. The molecule has 0 aromatic heterocycles. The minimum atomic E-state index is -3.02. The Morgan fingerprint density at radius 1 is 1.07 bits per heavy atom. The van der Waals surface area contributed by atoms with Crippen molar-refractivity contribution in [1.29, 1.82) is 0 Å². The zero-order chi connectivity index (χ0) is 21.1. The highest BCUT2D eigenvalue weighted by molar-refractivity contribution is 7.91. The number of carbonyl (C=O) groups is 1.